The number of hydrogen-bond acceptors (Lipinski definition) is 2. The van der Waals surface area contributed by atoms with Crippen LogP contribution in [0.15, 0.2) is 24.3 Å². The van der Waals surface area contributed by atoms with Crippen LogP contribution in [0.1, 0.15) is 17.5 Å². The van der Waals surface area contributed by atoms with Gasteiger partial charge in [-0.05, 0) is 17.7 Å². The van der Waals surface area contributed by atoms with Gasteiger partial charge in [0.1, 0.15) is 0 Å². The average molecular weight is 279 g/mol. The predicted molar refractivity (Wildman–Crippen MR) is 62.1 cm³/mol. The van der Waals surface area contributed by atoms with E-state index in [-0.39, 0.29) is 11.4 Å². The molecule has 0 fully saturated rings. The van der Waals surface area contributed by atoms with Gasteiger partial charge in [0.25, 0.3) is 0 Å². The van der Waals surface area contributed by atoms with Crippen molar-refractivity contribution >= 4 is 23.6 Å². The van der Waals surface area contributed by atoms with Crippen molar-refractivity contribution < 1.29 is 22.7 Å². The zero-order valence-corrected chi connectivity index (χ0v) is 10.2. The lowest BCUT2D eigenvalue weighted by atomic mass is 10.1. The Morgan fingerprint density at radius 1 is 1.44 bits per heavy atom. The van der Waals surface area contributed by atoms with E-state index in [4.69, 9.17) is 11.6 Å². The second-order valence-electron chi connectivity index (χ2n) is 3.42. The quantitative estimate of drug-likeness (QED) is 0.783. The molecule has 1 rings (SSSR count). The van der Waals surface area contributed by atoms with Gasteiger partial charge < -0.3 is 4.74 Å². The minimum Gasteiger partial charge on any atom is -0.469 e. The van der Waals surface area contributed by atoms with E-state index in [1.54, 1.807) is 0 Å². The lowest BCUT2D eigenvalue weighted by Gasteiger charge is -2.08. The first-order chi connectivity index (χ1) is 8.34. The molecule has 0 aliphatic carbocycles. The maximum absolute atomic E-state index is 12.4. The van der Waals surface area contributed by atoms with Gasteiger partial charge in [0, 0.05) is 0 Å². The van der Waals surface area contributed by atoms with E-state index in [0.717, 1.165) is 6.07 Å². The van der Waals surface area contributed by atoms with Crippen LogP contribution in [-0.2, 0) is 15.7 Å². The first-order valence-electron chi connectivity index (χ1n) is 4.94. The van der Waals surface area contributed by atoms with Crippen LogP contribution in [0.4, 0.5) is 13.2 Å². The summed E-state index contributed by atoms with van der Waals surface area (Å²) >= 11 is 5.54. The molecule has 0 heterocycles. The number of alkyl halides is 3. The van der Waals surface area contributed by atoms with Crippen molar-refractivity contribution in [3.63, 3.8) is 0 Å². The molecule has 0 atom stereocenters. The molecular weight excluding hydrogens is 269 g/mol. The molecule has 2 nitrogen and oxygen atoms in total. The molecule has 1 aromatic carbocycles. The van der Waals surface area contributed by atoms with Gasteiger partial charge in [-0.3, -0.25) is 4.79 Å². The van der Waals surface area contributed by atoms with Crippen LogP contribution < -0.4 is 0 Å². The second-order valence-corrected chi connectivity index (χ2v) is 3.83. The van der Waals surface area contributed by atoms with Gasteiger partial charge >= 0.3 is 12.1 Å². The molecule has 6 heteroatoms. The number of rotatable bonds is 3. The molecular formula is C12H10ClF3O2. The van der Waals surface area contributed by atoms with Crippen LogP contribution in [-0.4, -0.2) is 13.1 Å². The average Bonchev–Trinajstić information content (AvgIpc) is 2.27. The third kappa shape index (κ3) is 4.07. The number of carbonyl (C=O) groups excluding carboxylic acids is 1. The fraction of sp³-hybridized carbons (Fsp3) is 0.250. The maximum Gasteiger partial charge on any atom is 0.417 e. The van der Waals surface area contributed by atoms with Gasteiger partial charge in [-0.25, -0.2) is 0 Å². The summed E-state index contributed by atoms with van der Waals surface area (Å²) < 4.78 is 41.7. The van der Waals surface area contributed by atoms with Gasteiger partial charge in [-0.2, -0.15) is 13.2 Å². The van der Waals surface area contributed by atoms with Crippen molar-refractivity contribution in [2.45, 2.75) is 12.6 Å². The van der Waals surface area contributed by atoms with Crippen molar-refractivity contribution in [2.75, 3.05) is 7.11 Å². The molecule has 0 aliphatic rings. The molecule has 0 aliphatic heterocycles. The first-order valence-corrected chi connectivity index (χ1v) is 5.32. The number of esters is 1. The molecule has 0 unspecified atom stereocenters. The number of halogens is 4. The summed E-state index contributed by atoms with van der Waals surface area (Å²) in [5.74, 6) is -0.427. The topological polar surface area (TPSA) is 26.3 Å². The summed E-state index contributed by atoms with van der Waals surface area (Å²) in [7, 11) is 1.26. The van der Waals surface area contributed by atoms with Gasteiger partial charge in [-0.1, -0.05) is 29.8 Å². The van der Waals surface area contributed by atoms with E-state index in [2.05, 4.69) is 4.74 Å². The van der Waals surface area contributed by atoms with E-state index in [1.165, 1.54) is 31.4 Å². The Kier molecular flexibility index (Phi) is 4.78. The van der Waals surface area contributed by atoms with Gasteiger partial charge in [-0.15, -0.1) is 0 Å². The minimum atomic E-state index is -4.47. The van der Waals surface area contributed by atoms with E-state index in [0.29, 0.717) is 5.56 Å². The van der Waals surface area contributed by atoms with Crippen molar-refractivity contribution in [1.82, 2.24) is 0 Å². The Bertz CT molecular complexity index is 467. The van der Waals surface area contributed by atoms with Crippen molar-refractivity contribution in [3.8, 4) is 0 Å². The van der Waals surface area contributed by atoms with E-state index >= 15 is 0 Å². The SMILES string of the molecule is COC(=O)CC=Cc1ccc(C(F)(F)F)c(Cl)c1. The highest BCUT2D eigenvalue weighted by Crippen LogP contribution is 2.35. The largest absolute Gasteiger partial charge is 0.469 e. The maximum atomic E-state index is 12.4. The standard InChI is InChI=1S/C12H10ClF3O2/c1-18-11(17)4-2-3-8-5-6-9(10(13)7-8)12(14,15)16/h2-3,5-7H,4H2,1H3. The van der Waals surface area contributed by atoms with Gasteiger partial charge in [0.05, 0.1) is 24.1 Å². The summed E-state index contributed by atoms with van der Waals surface area (Å²) in [4.78, 5) is 10.8. The minimum absolute atomic E-state index is 0.0507. The van der Waals surface area contributed by atoms with E-state index in [9.17, 15) is 18.0 Å². The highest BCUT2D eigenvalue weighted by Gasteiger charge is 2.32. The molecule has 0 N–H and O–H groups in total. The summed E-state index contributed by atoms with van der Waals surface area (Å²) in [6.45, 7) is 0. The van der Waals surface area contributed by atoms with Crippen LogP contribution in [0.25, 0.3) is 6.08 Å². The summed E-state index contributed by atoms with van der Waals surface area (Å²) in [5.41, 5.74) is -0.397. The van der Waals surface area contributed by atoms with Gasteiger partial charge in [0.15, 0.2) is 0 Å². The number of hydrogen-bond donors (Lipinski definition) is 0. The number of methoxy groups -OCH3 is 1. The van der Waals surface area contributed by atoms with Crippen LogP contribution in [0.2, 0.25) is 5.02 Å². The molecule has 0 spiro atoms. The Balaban J connectivity index is 2.82. The highest BCUT2D eigenvalue weighted by atomic mass is 35.5. The first kappa shape index (κ1) is 14.6. The molecule has 0 saturated heterocycles. The van der Waals surface area contributed by atoms with Crippen molar-refractivity contribution in [2.24, 2.45) is 0 Å². The Morgan fingerprint density at radius 3 is 2.61 bits per heavy atom. The predicted octanol–water partition coefficient (Wildman–Crippen LogP) is 3.94. The molecule has 0 aromatic heterocycles. The molecule has 18 heavy (non-hydrogen) atoms. The fourth-order valence-electron chi connectivity index (χ4n) is 1.24. The van der Waals surface area contributed by atoms with Gasteiger partial charge in [0.2, 0.25) is 0 Å². The van der Waals surface area contributed by atoms with Crippen molar-refractivity contribution in [1.29, 1.82) is 0 Å². The smallest absolute Gasteiger partial charge is 0.417 e. The zero-order valence-electron chi connectivity index (χ0n) is 9.42. The third-order valence-electron chi connectivity index (χ3n) is 2.12. The monoisotopic (exact) mass is 278 g/mol. The molecule has 0 bridgehead atoms. The molecule has 0 amide bonds. The fourth-order valence-corrected chi connectivity index (χ4v) is 1.54. The normalized spacial score (nSPS) is 11.8. The molecule has 1 aromatic rings. The van der Waals surface area contributed by atoms with Crippen LogP contribution >= 0.6 is 11.6 Å². The lowest BCUT2D eigenvalue weighted by Crippen LogP contribution is -2.05. The lowest BCUT2D eigenvalue weighted by molar-refractivity contribution is -0.139. The third-order valence-corrected chi connectivity index (χ3v) is 2.43. The number of carbonyl (C=O) groups is 1. The Labute approximate surface area is 107 Å². The molecule has 98 valence electrons. The number of benzene rings is 1. The summed E-state index contributed by atoms with van der Waals surface area (Å²) in [6, 6.07) is 3.38. The Morgan fingerprint density at radius 2 is 2.11 bits per heavy atom. The van der Waals surface area contributed by atoms with E-state index in [1.807, 2.05) is 0 Å². The number of ether oxygens (including phenoxy) is 1. The molecule has 0 saturated carbocycles. The summed E-state index contributed by atoms with van der Waals surface area (Å²) in [5, 5.41) is -0.372. The van der Waals surface area contributed by atoms with Crippen molar-refractivity contribution in [3.05, 3.63) is 40.4 Å². The van der Waals surface area contributed by atoms with Crippen LogP contribution in [0, 0.1) is 0 Å². The highest BCUT2D eigenvalue weighted by molar-refractivity contribution is 6.31. The zero-order chi connectivity index (χ0) is 13.8. The second kappa shape index (κ2) is 5.91. The Hall–Kier alpha value is -1.49. The van der Waals surface area contributed by atoms with Crippen LogP contribution in [0.3, 0.4) is 0 Å². The molecule has 0 radical (unpaired) electrons. The van der Waals surface area contributed by atoms with Crippen LogP contribution in [0.5, 0.6) is 0 Å². The summed E-state index contributed by atoms with van der Waals surface area (Å²) in [6.07, 6.45) is -1.42. The van der Waals surface area contributed by atoms with E-state index < -0.39 is 17.7 Å².